The van der Waals surface area contributed by atoms with Gasteiger partial charge in [-0.05, 0) is 50.6 Å². The number of hydrogen-bond donors (Lipinski definition) is 2. The van der Waals surface area contributed by atoms with E-state index in [1.807, 2.05) is 12.1 Å². The summed E-state index contributed by atoms with van der Waals surface area (Å²) in [6, 6.07) is 6.31. The van der Waals surface area contributed by atoms with Gasteiger partial charge >= 0.3 is 0 Å². The predicted octanol–water partition coefficient (Wildman–Crippen LogP) is 2.30. The molecule has 0 amide bonds. The molecule has 1 unspecified atom stereocenters. The molecule has 1 aromatic rings. The molecule has 0 aromatic heterocycles. The third-order valence-corrected chi connectivity index (χ3v) is 4.64. The van der Waals surface area contributed by atoms with Gasteiger partial charge in [-0.25, -0.2) is 0 Å². The summed E-state index contributed by atoms with van der Waals surface area (Å²) in [6.07, 6.45) is 3.85. The van der Waals surface area contributed by atoms with E-state index in [1.54, 1.807) is 6.07 Å². The van der Waals surface area contributed by atoms with Crippen molar-refractivity contribution in [2.45, 2.75) is 25.3 Å². The van der Waals surface area contributed by atoms with E-state index in [0.29, 0.717) is 11.1 Å². The van der Waals surface area contributed by atoms with Crippen LogP contribution in [0.3, 0.4) is 0 Å². The Balaban J connectivity index is 1.78. The first-order valence-corrected chi connectivity index (χ1v) is 7.66. The maximum absolute atomic E-state index is 7.74. The summed E-state index contributed by atoms with van der Waals surface area (Å²) in [4.78, 5) is 4.94. The van der Waals surface area contributed by atoms with Gasteiger partial charge in [-0.1, -0.05) is 11.6 Å². The van der Waals surface area contributed by atoms with Crippen molar-refractivity contribution in [1.29, 1.82) is 5.41 Å². The zero-order valence-corrected chi connectivity index (χ0v) is 12.4. The van der Waals surface area contributed by atoms with Crippen molar-refractivity contribution in [3.05, 3.63) is 28.8 Å². The van der Waals surface area contributed by atoms with Crippen LogP contribution in [0, 0.1) is 5.41 Å². The first-order chi connectivity index (χ1) is 9.65. The SMILES string of the molecule is N=C(N)c1cc(Cl)ccc1N1CCC(N2CCCC2)C1. The molecule has 2 aliphatic rings. The monoisotopic (exact) mass is 292 g/mol. The highest BCUT2D eigenvalue weighted by Crippen LogP contribution is 2.29. The fraction of sp³-hybridized carbons (Fsp3) is 0.533. The number of nitrogens with zero attached hydrogens (tertiary/aromatic N) is 2. The second kappa shape index (κ2) is 5.62. The Kier molecular flexibility index (Phi) is 3.85. The second-order valence-corrected chi connectivity index (χ2v) is 6.14. The minimum atomic E-state index is 0.0899. The van der Waals surface area contributed by atoms with Crippen molar-refractivity contribution in [2.75, 3.05) is 31.1 Å². The number of halogens is 1. The average Bonchev–Trinajstić information content (AvgIpc) is 3.09. The number of amidine groups is 1. The van der Waals surface area contributed by atoms with Gasteiger partial charge in [0.2, 0.25) is 0 Å². The van der Waals surface area contributed by atoms with Gasteiger partial charge in [0.05, 0.1) is 0 Å². The summed E-state index contributed by atoms with van der Waals surface area (Å²) in [6.45, 7) is 4.53. The molecule has 2 fully saturated rings. The van der Waals surface area contributed by atoms with Crippen molar-refractivity contribution in [1.82, 2.24) is 4.90 Å². The van der Waals surface area contributed by atoms with Crippen LogP contribution in [0.2, 0.25) is 5.02 Å². The van der Waals surface area contributed by atoms with Crippen molar-refractivity contribution in [2.24, 2.45) is 5.73 Å². The summed E-state index contributed by atoms with van der Waals surface area (Å²) in [7, 11) is 0. The van der Waals surface area contributed by atoms with Crippen LogP contribution in [0.1, 0.15) is 24.8 Å². The van der Waals surface area contributed by atoms with Crippen molar-refractivity contribution < 1.29 is 0 Å². The molecular weight excluding hydrogens is 272 g/mol. The molecule has 2 heterocycles. The van der Waals surface area contributed by atoms with Crippen LogP contribution in [0.25, 0.3) is 0 Å². The number of nitrogens with two attached hydrogens (primary N) is 1. The molecule has 3 rings (SSSR count). The summed E-state index contributed by atoms with van der Waals surface area (Å²) in [5.41, 5.74) is 7.49. The van der Waals surface area contributed by atoms with Crippen LogP contribution >= 0.6 is 11.6 Å². The van der Waals surface area contributed by atoms with Crippen LogP contribution in [0.15, 0.2) is 18.2 Å². The topological polar surface area (TPSA) is 56.4 Å². The Morgan fingerprint density at radius 1 is 1.25 bits per heavy atom. The molecule has 1 atom stereocenters. The number of hydrogen-bond acceptors (Lipinski definition) is 3. The first-order valence-electron chi connectivity index (χ1n) is 7.28. The van der Waals surface area contributed by atoms with E-state index in [0.717, 1.165) is 24.3 Å². The van der Waals surface area contributed by atoms with Gasteiger partial charge < -0.3 is 10.6 Å². The maximum atomic E-state index is 7.74. The minimum Gasteiger partial charge on any atom is -0.384 e. The maximum Gasteiger partial charge on any atom is 0.124 e. The van der Waals surface area contributed by atoms with Crippen LogP contribution in [-0.2, 0) is 0 Å². The first kappa shape index (κ1) is 13.7. The molecule has 0 saturated carbocycles. The third-order valence-electron chi connectivity index (χ3n) is 4.41. The molecule has 2 aliphatic heterocycles. The summed E-state index contributed by atoms with van der Waals surface area (Å²) >= 11 is 6.02. The predicted molar refractivity (Wildman–Crippen MR) is 83.9 cm³/mol. The molecule has 108 valence electrons. The van der Waals surface area contributed by atoms with Gasteiger partial charge in [-0.3, -0.25) is 10.3 Å². The lowest BCUT2D eigenvalue weighted by atomic mass is 10.1. The fourth-order valence-corrected chi connectivity index (χ4v) is 3.54. The number of anilines is 1. The van der Waals surface area contributed by atoms with Gasteiger partial charge in [0.1, 0.15) is 5.84 Å². The molecule has 0 bridgehead atoms. The van der Waals surface area contributed by atoms with E-state index in [9.17, 15) is 0 Å². The smallest absolute Gasteiger partial charge is 0.124 e. The fourth-order valence-electron chi connectivity index (χ4n) is 3.37. The lowest BCUT2D eigenvalue weighted by Gasteiger charge is -2.25. The second-order valence-electron chi connectivity index (χ2n) is 5.71. The van der Waals surface area contributed by atoms with E-state index in [-0.39, 0.29) is 5.84 Å². The molecular formula is C15H21ClN4. The average molecular weight is 293 g/mol. The van der Waals surface area contributed by atoms with Crippen LogP contribution < -0.4 is 10.6 Å². The Morgan fingerprint density at radius 2 is 2.00 bits per heavy atom. The molecule has 4 nitrogen and oxygen atoms in total. The highest BCUT2D eigenvalue weighted by Gasteiger charge is 2.30. The van der Waals surface area contributed by atoms with Gasteiger partial charge in [-0.2, -0.15) is 0 Å². The summed E-state index contributed by atoms with van der Waals surface area (Å²) < 4.78 is 0. The van der Waals surface area contributed by atoms with Crippen molar-refractivity contribution in [3.8, 4) is 0 Å². The third kappa shape index (κ3) is 2.63. The van der Waals surface area contributed by atoms with Crippen molar-refractivity contribution in [3.63, 3.8) is 0 Å². The highest BCUT2D eigenvalue weighted by molar-refractivity contribution is 6.31. The number of rotatable bonds is 3. The normalized spacial score (nSPS) is 23.4. The van der Waals surface area contributed by atoms with Crippen LogP contribution in [0.4, 0.5) is 5.69 Å². The largest absolute Gasteiger partial charge is 0.384 e. The molecule has 1 aromatic carbocycles. The molecule has 3 N–H and O–H groups in total. The van der Waals surface area contributed by atoms with Gasteiger partial charge in [0, 0.05) is 35.4 Å². The molecule has 0 radical (unpaired) electrons. The molecule has 5 heteroatoms. The lowest BCUT2D eigenvalue weighted by molar-refractivity contribution is 0.260. The minimum absolute atomic E-state index is 0.0899. The van der Waals surface area contributed by atoms with Gasteiger partial charge in [0.25, 0.3) is 0 Å². The Labute approximate surface area is 125 Å². The van der Waals surface area contributed by atoms with Gasteiger partial charge in [0.15, 0.2) is 0 Å². The zero-order valence-electron chi connectivity index (χ0n) is 11.6. The number of nitrogen functional groups attached to an aromatic ring is 1. The standard InChI is InChI=1S/C15H21ClN4/c16-11-3-4-14(13(9-11)15(17)18)20-8-5-12(10-20)19-6-1-2-7-19/h3-4,9,12H,1-2,5-8,10H2,(H3,17,18). The quantitative estimate of drug-likeness (QED) is 0.664. The number of benzene rings is 1. The molecule has 20 heavy (non-hydrogen) atoms. The van der Waals surface area contributed by atoms with E-state index in [1.165, 1.54) is 32.4 Å². The Bertz CT molecular complexity index is 511. The van der Waals surface area contributed by atoms with E-state index < -0.39 is 0 Å². The number of likely N-dealkylation sites (tertiary alicyclic amines) is 1. The molecule has 0 spiro atoms. The number of nitrogens with one attached hydrogen (secondary N) is 1. The molecule has 0 aliphatic carbocycles. The van der Waals surface area contributed by atoms with E-state index >= 15 is 0 Å². The van der Waals surface area contributed by atoms with E-state index in [4.69, 9.17) is 22.7 Å². The van der Waals surface area contributed by atoms with E-state index in [2.05, 4.69) is 9.80 Å². The Hall–Kier alpha value is -1.26. The summed E-state index contributed by atoms with van der Waals surface area (Å²) in [5, 5.41) is 8.37. The lowest BCUT2D eigenvalue weighted by Crippen LogP contribution is -2.35. The highest BCUT2D eigenvalue weighted by atomic mass is 35.5. The molecule has 2 saturated heterocycles. The van der Waals surface area contributed by atoms with Gasteiger partial charge in [-0.15, -0.1) is 0 Å². The van der Waals surface area contributed by atoms with Crippen LogP contribution in [0.5, 0.6) is 0 Å². The Morgan fingerprint density at radius 3 is 2.70 bits per heavy atom. The zero-order chi connectivity index (χ0) is 14.1. The summed E-state index contributed by atoms with van der Waals surface area (Å²) in [5.74, 6) is 0.0899. The van der Waals surface area contributed by atoms with Crippen LogP contribution in [-0.4, -0.2) is 43.0 Å². The van der Waals surface area contributed by atoms with Crippen molar-refractivity contribution >= 4 is 23.1 Å².